The summed E-state index contributed by atoms with van der Waals surface area (Å²) in [4.78, 5) is 0. The van der Waals surface area contributed by atoms with E-state index >= 15 is 0 Å². The highest BCUT2D eigenvalue weighted by Crippen LogP contribution is 1.85. The SMILES string of the molecule is OCC(O)COCC=CCl. The molecule has 60 valence electrons. The van der Waals surface area contributed by atoms with E-state index in [0.29, 0.717) is 6.61 Å². The van der Waals surface area contributed by atoms with Crippen LogP contribution < -0.4 is 0 Å². The van der Waals surface area contributed by atoms with Crippen LogP contribution >= 0.6 is 11.6 Å². The smallest absolute Gasteiger partial charge is 0.100 e. The Morgan fingerprint density at radius 1 is 1.60 bits per heavy atom. The van der Waals surface area contributed by atoms with Crippen molar-refractivity contribution in [1.29, 1.82) is 0 Å². The summed E-state index contributed by atoms with van der Waals surface area (Å²) in [6, 6.07) is 0. The fourth-order valence-electron chi connectivity index (χ4n) is 0.361. The van der Waals surface area contributed by atoms with Crippen molar-refractivity contribution >= 4 is 11.6 Å². The minimum Gasteiger partial charge on any atom is -0.394 e. The first-order valence-corrected chi connectivity index (χ1v) is 3.36. The van der Waals surface area contributed by atoms with Gasteiger partial charge in [0.05, 0.1) is 19.8 Å². The molecule has 0 aliphatic rings. The molecule has 0 amide bonds. The molecule has 0 aliphatic heterocycles. The van der Waals surface area contributed by atoms with Crippen LogP contribution in [0.2, 0.25) is 0 Å². The van der Waals surface area contributed by atoms with E-state index in [0.717, 1.165) is 0 Å². The maximum atomic E-state index is 8.73. The average molecular weight is 167 g/mol. The molecular formula is C6H11ClO3. The third kappa shape index (κ3) is 6.04. The zero-order valence-electron chi connectivity index (χ0n) is 5.53. The van der Waals surface area contributed by atoms with Gasteiger partial charge in [-0.1, -0.05) is 11.6 Å². The fraction of sp³-hybridized carbons (Fsp3) is 0.667. The van der Waals surface area contributed by atoms with E-state index in [1.54, 1.807) is 6.08 Å². The summed E-state index contributed by atoms with van der Waals surface area (Å²) in [5.74, 6) is 0. The van der Waals surface area contributed by atoms with Crippen molar-refractivity contribution in [2.75, 3.05) is 19.8 Å². The second-order valence-corrected chi connectivity index (χ2v) is 1.99. The molecule has 1 unspecified atom stereocenters. The van der Waals surface area contributed by atoms with Crippen LogP contribution in [0.1, 0.15) is 0 Å². The van der Waals surface area contributed by atoms with Crippen molar-refractivity contribution in [3.8, 4) is 0 Å². The molecule has 0 aromatic carbocycles. The molecule has 0 fully saturated rings. The molecular weight excluding hydrogens is 156 g/mol. The van der Waals surface area contributed by atoms with Gasteiger partial charge < -0.3 is 14.9 Å². The Labute approximate surface area is 64.9 Å². The molecule has 3 nitrogen and oxygen atoms in total. The van der Waals surface area contributed by atoms with Crippen LogP contribution in [-0.4, -0.2) is 36.1 Å². The third-order valence-corrected chi connectivity index (χ3v) is 1.00. The molecule has 0 spiro atoms. The quantitative estimate of drug-likeness (QED) is 0.570. The van der Waals surface area contributed by atoms with Crippen LogP contribution in [0.3, 0.4) is 0 Å². The lowest BCUT2D eigenvalue weighted by Gasteiger charge is -2.05. The molecule has 0 bridgehead atoms. The summed E-state index contributed by atoms with van der Waals surface area (Å²) in [6.45, 7) is 0.225. The van der Waals surface area contributed by atoms with E-state index in [1.807, 2.05) is 0 Å². The normalized spacial score (nSPS) is 14.3. The standard InChI is InChI=1S/C6H11ClO3/c7-2-1-3-10-5-6(9)4-8/h1-2,6,8-9H,3-5H2. The molecule has 0 aliphatic carbocycles. The van der Waals surface area contributed by atoms with Crippen LogP contribution in [0.25, 0.3) is 0 Å². The Bertz CT molecular complexity index is 95.0. The van der Waals surface area contributed by atoms with Crippen molar-refractivity contribution in [2.24, 2.45) is 0 Å². The molecule has 10 heavy (non-hydrogen) atoms. The number of halogens is 1. The van der Waals surface area contributed by atoms with Gasteiger partial charge in [0.2, 0.25) is 0 Å². The predicted octanol–water partition coefficient (Wildman–Crippen LogP) is 0.109. The van der Waals surface area contributed by atoms with Crippen molar-refractivity contribution in [3.05, 3.63) is 11.6 Å². The van der Waals surface area contributed by atoms with E-state index in [4.69, 9.17) is 26.6 Å². The van der Waals surface area contributed by atoms with Gasteiger partial charge in [0, 0.05) is 5.54 Å². The van der Waals surface area contributed by atoms with Crippen LogP contribution in [0.15, 0.2) is 11.6 Å². The highest BCUT2D eigenvalue weighted by Gasteiger charge is 1.98. The molecule has 0 aromatic rings. The van der Waals surface area contributed by atoms with Crippen LogP contribution in [0.5, 0.6) is 0 Å². The summed E-state index contributed by atoms with van der Waals surface area (Å²) >= 11 is 5.18. The van der Waals surface area contributed by atoms with Gasteiger partial charge in [0.25, 0.3) is 0 Å². The van der Waals surface area contributed by atoms with Gasteiger partial charge in [0.1, 0.15) is 6.10 Å². The summed E-state index contributed by atoms with van der Waals surface area (Å²) in [7, 11) is 0. The third-order valence-electron chi connectivity index (χ3n) is 0.824. The molecule has 2 N–H and O–H groups in total. The van der Waals surface area contributed by atoms with Crippen LogP contribution in [-0.2, 0) is 4.74 Å². The maximum Gasteiger partial charge on any atom is 0.100 e. The molecule has 4 heteroatoms. The second-order valence-electron chi connectivity index (χ2n) is 1.74. The van der Waals surface area contributed by atoms with E-state index in [2.05, 4.69) is 0 Å². The Kier molecular flexibility index (Phi) is 6.96. The topological polar surface area (TPSA) is 49.7 Å². The van der Waals surface area contributed by atoms with Crippen LogP contribution in [0, 0.1) is 0 Å². The van der Waals surface area contributed by atoms with Gasteiger partial charge >= 0.3 is 0 Å². The average Bonchev–Trinajstić information content (AvgIpc) is 1.98. The summed E-state index contributed by atoms with van der Waals surface area (Å²) in [5.41, 5.74) is 1.34. The van der Waals surface area contributed by atoms with E-state index < -0.39 is 6.10 Å². The van der Waals surface area contributed by atoms with Gasteiger partial charge in [-0.25, -0.2) is 0 Å². The van der Waals surface area contributed by atoms with E-state index in [-0.39, 0.29) is 13.2 Å². The van der Waals surface area contributed by atoms with Gasteiger partial charge in [0.15, 0.2) is 0 Å². The first-order valence-electron chi connectivity index (χ1n) is 2.93. The molecule has 0 saturated carbocycles. The second kappa shape index (κ2) is 7.02. The fourth-order valence-corrected chi connectivity index (χ4v) is 0.434. The van der Waals surface area contributed by atoms with Gasteiger partial charge in [-0.2, -0.15) is 0 Å². The monoisotopic (exact) mass is 166 g/mol. The first-order chi connectivity index (χ1) is 4.81. The highest BCUT2D eigenvalue weighted by atomic mass is 35.5. The predicted molar refractivity (Wildman–Crippen MR) is 38.9 cm³/mol. The lowest BCUT2D eigenvalue weighted by atomic mass is 10.4. The van der Waals surface area contributed by atoms with Crippen molar-refractivity contribution < 1.29 is 14.9 Å². The summed E-state index contributed by atoms with van der Waals surface area (Å²) in [6.07, 6.45) is 0.815. The highest BCUT2D eigenvalue weighted by molar-refractivity contribution is 6.25. The number of rotatable bonds is 5. The van der Waals surface area contributed by atoms with Crippen molar-refractivity contribution in [1.82, 2.24) is 0 Å². The van der Waals surface area contributed by atoms with E-state index in [1.165, 1.54) is 5.54 Å². The van der Waals surface area contributed by atoms with E-state index in [9.17, 15) is 0 Å². The number of aliphatic hydroxyl groups excluding tert-OH is 2. The van der Waals surface area contributed by atoms with Gasteiger partial charge in [-0.05, 0) is 6.08 Å². The van der Waals surface area contributed by atoms with Crippen LogP contribution in [0.4, 0.5) is 0 Å². The number of hydrogen-bond donors (Lipinski definition) is 2. The Morgan fingerprint density at radius 3 is 2.80 bits per heavy atom. The number of ether oxygens (including phenoxy) is 1. The van der Waals surface area contributed by atoms with Gasteiger partial charge in [-0.15, -0.1) is 0 Å². The summed E-state index contributed by atoms with van der Waals surface area (Å²) < 4.78 is 4.85. The van der Waals surface area contributed by atoms with Crippen molar-refractivity contribution in [3.63, 3.8) is 0 Å². The maximum absolute atomic E-state index is 8.73. The molecule has 0 rings (SSSR count). The number of hydrogen-bond acceptors (Lipinski definition) is 3. The summed E-state index contributed by atoms with van der Waals surface area (Å²) in [5, 5.41) is 17.0. The lowest BCUT2D eigenvalue weighted by molar-refractivity contribution is 0.0150. The Balaban J connectivity index is 3.03. The molecule has 1 atom stereocenters. The number of aliphatic hydroxyl groups is 2. The van der Waals surface area contributed by atoms with Crippen molar-refractivity contribution in [2.45, 2.75) is 6.10 Å². The largest absolute Gasteiger partial charge is 0.394 e. The molecule has 0 saturated heterocycles. The zero-order chi connectivity index (χ0) is 7.82. The Morgan fingerprint density at radius 2 is 2.30 bits per heavy atom. The minimum absolute atomic E-state index is 0.137. The molecule has 0 aromatic heterocycles. The van der Waals surface area contributed by atoms with Gasteiger partial charge in [-0.3, -0.25) is 0 Å². The Hall–Kier alpha value is -0.0900. The first kappa shape index (κ1) is 9.91. The lowest BCUT2D eigenvalue weighted by Crippen LogP contribution is -2.19. The molecule has 0 heterocycles. The minimum atomic E-state index is -0.788. The molecule has 0 radical (unpaired) electrons. The zero-order valence-corrected chi connectivity index (χ0v) is 6.29.